The highest BCUT2D eigenvalue weighted by Gasteiger charge is 2.35. The van der Waals surface area contributed by atoms with E-state index in [0.29, 0.717) is 24.3 Å². The van der Waals surface area contributed by atoms with Gasteiger partial charge in [-0.3, -0.25) is 0 Å². The summed E-state index contributed by atoms with van der Waals surface area (Å²) in [6, 6.07) is 18.9. The minimum absolute atomic E-state index is 0.0549. The lowest BCUT2D eigenvalue weighted by molar-refractivity contribution is 0.122. The van der Waals surface area contributed by atoms with E-state index in [1.54, 1.807) is 0 Å². The molecule has 1 saturated carbocycles. The van der Waals surface area contributed by atoms with Crippen LogP contribution >= 0.6 is 23.8 Å². The average molecular weight is 549 g/mol. The molecule has 38 heavy (non-hydrogen) atoms. The van der Waals surface area contributed by atoms with Gasteiger partial charge < -0.3 is 25.2 Å². The quantitative estimate of drug-likeness (QED) is 0.403. The predicted molar refractivity (Wildman–Crippen MR) is 157 cm³/mol. The monoisotopic (exact) mass is 548 g/mol. The number of rotatable bonds is 6. The van der Waals surface area contributed by atoms with Gasteiger partial charge in [0.25, 0.3) is 0 Å². The van der Waals surface area contributed by atoms with Crippen molar-refractivity contribution in [3.8, 4) is 0 Å². The summed E-state index contributed by atoms with van der Waals surface area (Å²) >= 11 is 11.9. The Kier molecular flexibility index (Phi) is 7.37. The summed E-state index contributed by atoms with van der Waals surface area (Å²) in [4.78, 5) is 14.3. The third-order valence-corrected chi connectivity index (χ3v) is 8.53. The number of anilines is 3. The molecule has 3 aromatic rings. The van der Waals surface area contributed by atoms with Crippen LogP contribution < -0.4 is 20.4 Å². The van der Waals surface area contributed by atoms with Crippen LogP contribution in [0.4, 0.5) is 17.6 Å². The van der Waals surface area contributed by atoms with Crippen molar-refractivity contribution in [2.45, 2.75) is 44.2 Å². The van der Waals surface area contributed by atoms with E-state index >= 15 is 0 Å². The van der Waals surface area contributed by atoms with Crippen molar-refractivity contribution in [1.29, 1.82) is 0 Å². The van der Waals surface area contributed by atoms with Crippen molar-refractivity contribution in [3.63, 3.8) is 0 Å². The lowest BCUT2D eigenvalue weighted by Crippen LogP contribution is -2.41. The molecule has 0 amide bonds. The standard InChI is InChI=1S/C29H33ClN6OS/c30-24-9-7-23(8-10-24)29(11-3-4-12-29)20-31-28(38)34-27-32-25(35-13-15-37-16-14-35)17-26(33-27)36-18-21-5-1-2-6-22(21)19-36/h1-2,5-10,17H,3-4,11-16,18-20H2,(H2,31,32,33,34,38). The Morgan fingerprint density at radius 2 is 1.55 bits per heavy atom. The minimum Gasteiger partial charge on any atom is -0.378 e. The second-order valence-electron chi connectivity index (χ2n) is 10.4. The first-order valence-corrected chi connectivity index (χ1v) is 14.2. The van der Waals surface area contributed by atoms with Crippen molar-refractivity contribution < 1.29 is 4.74 Å². The summed E-state index contributed by atoms with van der Waals surface area (Å²) in [7, 11) is 0. The summed E-state index contributed by atoms with van der Waals surface area (Å²) in [6.07, 6.45) is 4.70. The topological polar surface area (TPSA) is 65.6 Å². The van der Waals surface area contributed by atoms with Crippen molar-refractivity contribution >= 4 is 46.5 Å². The zero-order chi connectivity index (χ0) is 26.0. The van der Waals surface area contributed by atoms with Gasteiger partial charge in [0.2, 0.25) is 5.95 Å². The summed E-state index contributed by atoms with van der Waals surface area (Å²) in [5.74, 6) is 2.31. The molecule has 0 unspecified atom stereocenters. The Bertz CT molecular complexity index is 1270. The molecule has 6 rings (SSSR count). The maximum absolute atomic E-state index is 6.16. The van der Waals surface area contributed by atoms with Gasteiger partial charge in [-0.05, 0) is 53.9 Å². The zero-order valence-electron chi connectivity index (χ0n) is 21.5. The van der Waals surface area contributed by atoms with Crippen LogP contribution in [0.3, 0.4) is 0 Å². The highest BCUT2D eigenvalue weighted by molar-refractivity contribution is 7.80. The number of fused-ring (bicyclic) bond motifs is 1. The van der Waals surface area contributed by atoms with E-state index in [1.165, 1.54) is 29.5 Å². The summed E-state index contributed by atoms with van der Waals surface area (Å²) in [6.45, 7) is 5.44. The fraction of sp³-hybridized carbons (Fsp3) is 0.414. The zero-order valence-corrected chi connectivity index (χ0v) is 23.0. The van der Waals surface area contributed by atoms with Gasteiger partial charge in [0.05, 0.1) is 13.2 Å². The number of nitrogens with one attached hydrogen (secondary N) is 2. The van der Waals surface area contributed by atoms with Crippen LogP contribution in [0.15, 0.2) is 54.6 Å². The number of thiocarbonyl (C=S) groups is 1. The molecule has 0 atom stereocenters. The Morgan fingerprint density at radius 1 is 0.921 bits per heavy atom. The van der Waals surface area contributed by atoms with E-state index in [1.807, 2.05) is 12.1 Å². The lowest BCUT2D eigenvalue weighted by Gasteiger charge is -2.31. The second kappa shape index (κ2) is 11.0. The molecule has 3 aliphatic rings. The number of hydrogen-bond donors (Lipinski definition) is 2. The Balaban J connectivity index is 1.20. The molecule has 1 aliphatic carbocycles. The largest absolute Gasteiger partial charge is 0.378 e. The van der Waals surface area contributed by atoms with Crippen LogP contribution in [-0.2, 0) is 23.2 Å². The number of nitrogens with zero attached hydrogens (tertiary/aromatic N) is 4. The summed E-state index contributed by atoms with van der Waals surface area (Å²) in [5.41, 5.74) is 4.06. The molecule has 0 spiro atoms. The molecule has 1 aromatic heterocycles. The molecule has 2 N–H and O–H groups in total. The fourth-order valence-electron chi connectivity index (χ4n) is 5.91. The Labute approximate surface area is 234 Å². The van der Waals surface area contributed by atoms with Gasteiger partial charge in [-0.15, -0.1) is 0 Å². The first-order chi connectivity index (χ1) is 18.6. The van der Waals surface area contributed by atoms with Gasteiger partial charge in [0, 0.05) is 49.2 Å². The smallest absolute Gasteiger partial charge is 0.232 e. The molecule has 3 heterocycles. The number of ether oxygens (including phenoxy) is 1. The molecule has 1 saturated heterocycles. The third-order valence-electron chi connectivity index (χ3n) is 8.03. The van der Waals surface area contributed by atoms with Crippen molar-refractivity contribution in [3.05, 3.63) is 76.3 Å². The number of aromatic nitrogens is 2. The van der Waals surface area contributed by atoms with Crippen LogP contribution in [0.1, 0.15) is 42.4 Å². The Hall–Kier alpha value is -2.94. The van der Waals surface area contributed by atoms with E-state index in [0.717, 1.165) is 62.2 Å². The summed E-state index contributed by atoms with van der Waals surface area (Å²) in [5, 5.41) is 8.10. The fourth-order valence-corrected chi connectivity index (χ4v) is 6.20. The predicted octanol–water partition coefficient (Wildman–Crippen LogP) is 5.29. The molecule has 0 radical (unpaired) electrons. The maximum atomic E-state index is 6.16. The number of hydrogen-bond acceptors (Lipinski definition) is 6. The number of halogens is 1. The Morgan fingerprint density at radius 3 is 2.21 bits per heavy atom. The van der Waals surface area contributed by atoms with E-state index < -0.39 is 0 Å². The highest BCUT2D eigenvalue weighted by atomic mass is 35.5. The first-order valence-electron chi connectivity index (χ1n) is 13.4. The van der Waals surface area contributed by atoms with Crippen LogP contribution in [0, 0.1) is 0 Å². The molecule has 198 valence electrons. The highest BCUT2D eigenvalue weighted by Crippen LogP contribution is 2.41. The van der Waals surface area contributed by atoms with Gasteiger partial charge in [-0.2, -0.15) is 9.97 Å². The lowest BCUT2D eigenvalue weighted by atomic mass is 9.79. The van der Waals surface area contributed by atoms with E-state index in [9.17, 15) is 0 Å². The van der Waals surface area contributed by atoms with Crippen molar-refractivity contribution in [1.82, 2.24) is 15.3 Å². The normalized spacial score (nSPS) is 18.3. The number of morpholine rings is 1. The molecule has 9 heteroatoms. The molecular formula is C29H33ClN6OS. The maximum Gasteiger partial charge on any atom is 0.232 e. The van der Waals surface area contributed by atoms with E-state index in [-0.39, 0.29) is 5.41 Å². The second-order valence-corrected chi connectivity index (χ2v) is 11.3. The number of benzene rings is 2. The van der Waals surface area contributed by atoms with Crippen LogP contribution in [0.2, 0.25) is 5.02 Å². The van der Waals surface area contributed by atoms with Gasteiger partial charge in [0.1, 0.15) is 11.6 Å². The van der Waals surface area contributed by atoms with Crippen LogP contribution in [0.5, 0.6) is 0 Å². The first kappa shape index (κ1) is 25.3. The van der Waals surface area contributed by atoms with Gasteiger partial charge in [0.15, 0.2) is 5.11 Å². The van der Waals surface area contributed by atoms with Crippen molar-refractivity contribution in [2.75, 3.05) is 48.0 Å². The SMILES string of the molecule is S=C(NCC1(c2ccc(Cl)cc2)CCCC1)Nc1nc(N2CCOCC2)cc(N2Cc3ccccc3C2)n1. The van der Waals surface area contributed by atoms with Gasteiger partial charge in [-0.1, -0.05) is 60.8 Å². The van der Waals surface area contributed by atoms with Crippen molar-refractivity contribution in [2.24, 2.45) is 0 Å². The van der Waals surface area contributed by atoms with Gasteiger partial charge in [-0.25, -0.2) is 0 Å². The minimum atomic E-state index is 0.0549. The molecule has 2 aliphatic heterocycles. The average Bonchev–Trinajstić information content (AvgIpc) is 3.61. The van der Waals surface area contributed by atoms with Gasteiger partial charge >= 0.3 is 0 Å². The molecule has 2 aromatic carbocycles. The van der Waals surface area contributed by atoms with Crippen LogP contribution in [0.25, 0.3) is 0 Å². The third kappa shape index (κ3) is 5.44. The van der Waals surface area contributed by atoms with Crippen LogP contribution in [-0.4, -0.2) is 47.9 Å². The molecule has 2 fully saturated rings. The molecular weight excluding hydrogens is 516 g/mol. The summed E-state index contributed by atoms with van der Waals surface area (Å²) < 4.78 is 5.57. The van der Waals surface area contributed by atoms with E-state index in [2.05, 4.69) is 62.9 Å². The van der Waals surface area contributed by atoms with E-state index in [4.69, 9.17) is 38.5 Å². The molecule has 7 nitrogen and oxygen atoms in total. The molecule has 0 bridgehead atoms.